The SMILES string of the molecule is C[C@H](C(=O)OC1CCCC1)C(C)(C)C. The lowest BCUT2D eigenvalue weighted by molar-refractivity contribution is -0.156. The van der Waals surface area contributed by atoms with Crippen molar-refractivity contribution < 1.29 is 9.53 Å². The van der Waals surface area contributed by atoms with Gasteiger partial charge in [-0.3, -0.25) is 4.79 Å². The van der Waals surface area contributed by atoms with Crippen LogP contribution >= 0.6 is 0 Å². The quantitative estimate of drug-likeness (QED) is 0.637. The van der Waals surface area contributed by atoms with Crippen LogP contribution in [0, 0.1) is 11.3 Å². The molecule has 1 rings (SSSR count). The van der Waals surface area contributed by atoms with Gasteiger partial charge in [-0.25, -0.2) is 0 Å². The molecule has 1 fully saturated rings. The molecule has 2 nitrogen and oxygen atoms in total. The topological polar surface area (TPSA) is 26.3 Å². The Kier molecular flexibility index (Phi) is 3.57. The van der Waals surface area contributed by atoms with E-state index in [2.05, 4.69) is 20.8 Å². The Bertz CT molecular complexity index is 197. The average Bonchev–Trinajstić information content (AvgIpc) is 2.53. The van der Waals surface area contributed by atoms with Gasteiger partial charge in [0.2, 0.25) is 0 Å². The Hall–Kier alpha value is -0.530. The van der Waals surface area contributed by atoms with Crippen LogP contribution in [0.5, 0.6) is 0 Å². The van der Waals surface area contributed by atoms with Crippen molar-refractivity contribution in [2.24, 2.45) is 11.3 Å². The van der Waals surface area contributed by atoms with Crippen molar-refractivity contribution in [2.75, 3.05) is 0 Å². The van der Waals surface area contributed by atoms with Crippen LogP contribution in [0.4, 0.5) is 0 Å². The fourth-order valence-electron chi connectivity index (χ4n) is 1.63. The molecule has 0 unspecified atom stereocenters. The zero-order chi connectivity index (χ0) is 10.8. The molecule has 0 heterocycles. The van der Waals surface area contributed by atoms with Gasteiger partial charge in [0.15, 0.2) is 0 Å². The molecule has 0 saturated heterocycles. The van der Waals surface area contributed by atoms with Crippen LogP contribution in [0.15, 0.2) is 0 Å². The van der Waals surface area contributed by atoms with Crippen LogP contribution in [0.25, 0.3) is 0 Å². The van der Waals surface area contributed by atoms with Crippen molar-refractivity contribution in [3.63, 3.8) is 0 Å². The van der Waals surface area contributed by atoms with Gasteiger partial charge in [-0.2, -0.15) is 0 Å². The van der Waals surface area contributed by atoms with Gasteiger partial charge in [0.25, 0.3) is 0 Å². The van der Waals surface area contributed by atoms with Gasteiger partial charge < -0.3 is 4.74 Å². The molecule has 0 N–H and O–H groups in total. The largest absolute Gasteiger partial charge is 0.462 e. The molecule has 0 amide bonds. The number of carbonyl (C=O) groups is 1. The lowest BCUT2D eigenvalue weighted by Crippen LogP contribution is -2.30. The first-order chi connectivity index (χ1) is 6.41. The lowest BCUT2D eigenvalue weighted by atomic mass is 9.82. The maximum absolute atomic E-state index is 11.7. The van der Waals surface area contributed by atoms with Crippen molar-refractivity contribution in [3.05, 3.63) is 0 Å². The second-order valence-corrected chi connectivity index (χ2v) is 5.43. The van der Waals surface area contributed by atoms with Crippen LogP contribution < -0.4 is 0 Å². The van der Waals surface area contributed by atoms with E-state index in [-0.39, 0.29) is 23.4 Å². The van der Waals surface area contributed by atoms with Crippen LogP contribution in [0.2, 0.25) is 0 Å². The second kappa shape index (κ2) is 4.33. The van der Waals surface area contributed by atoms with Crippen molar-refractivity contribution >= 4 is 5.97 Å². The van der Waals surface area contributed by atoms with E-state index in [1.54, 1.807) is 0 Å². The maximum atomic E-state index is 11.7. The highest BCUT2D eigenvalue weighted by Crippen LogP contribution is 2.29. The van der Waals surface area contributed by atoms with Crippen LogP contribution in [0.1, 0.15) is 53.4 Å². The molecule has 14 heavy (non-hydrogen) atoms. The van der Waals surface area contributed by atoms with Crippen LogP contribution in [-0.2, 0) is 9.53 Å². The third-order valence-corrected chi connectivity index (χ3v) is 3.24. The minimum Gasteiger partial charge on any atom is -0.462 e. The normalized spacial score (nSPS) is 20.9. The predicted octanol–water partition coefficient (Wildman–Crippen LogP) is 3.15. The van der Waals surface area contributed by atoms with Crippen molar-refractivity contribution in [2.45, 2.75) is 59.5 Å². The number of carbonyl (C=O) groups excluding carboxylic acids is 1. The van der Waals surface area contributed by atoms with Gasteiger partial charge in [-0.1, -0.05) is 27.7 Å². The minimum absolute atomic E-state index is 0.00961. The summed E-state index contributed by atoms with van der Waals surface area (Å²) in [5, 5.41) is 0. The summed E-state index contributed by atoms with van der Waals surface area (Å²) >= 11 is 0. The summed E-state index contributed by atoms with van der Waals surface area (Å²) in [5.41, 5.74) is 0.00961. The number of hydrogen-bond donors (Lipinski definition) is 0. The fraction of sp³-hybridized carbons (Fsp3) is 0.917. The molecule has 82 valence electrons. The molecule has 1 saturated carbocycles. The Morgan fingerprint density at radius 3 is 2.21 bits per heavy atom. The molecule has 0 bridgehead atoms. The maximum Gasteiger partial charge on any atom is 0.309 e. The van der Waals surface area contributed by atoms with E-state index in [1.807, 2.05) is 6.92 Å². The minimum atomic E-state index is -0.0237. The molecular formula is C12H22O2. The van der Waals surface area contributed by atoms with E-state index in [9.17, 15) is 4.79 Å². The lowest BCUT2D eigenvalue weighted by Gasteiger charge is -2.26. The second-order valence-electron chi connectivity index (χ2n) is 5.43. The van der Waals surface area contributed by atoms with Gasteiger partial charge in [0.1, 0.15) is 6.10 Å². The number of ether oxygens (including phenoxy) is 1. The summed E-state index contributed by atoms with van der Waals surface area (Å²) in [6.45, 7) is 8.19. The molecule has 1 atom stereocenters. The van der Waals surface area contributed by atoms with Gasteiger partial charge in [-0.05, 0) is 31.1 Å². The highest BCUT2D eigenvalue weighted by Gasteiger charge is 2.30. The molecular weight excluding hydrogens is 176 g/mol. The Balaban J connectivity index is 2.41. The fourth-order valence-corrected chi connectivity index (χ4v) is 1.63. The van der Waals surface area contributed by atoms with Crippen molar-refractivity contribution in [3.8, 4) is 0 Å². The summed E-state index contributed by atoms with van der Waals surface area (Å²) in [6, 6.07) is 0. The van der Waals surface area contributed by atoms with E-state index < -0.39 is 0 Å². The summed E-state index contributed by atoms with van der Waals surface area (Å²) in [4.78, 5) is 11.7. The molecule has 0 aromatic heterocycles. The highest BCUT2D eigenvalue weighted by atomic mass is 16.5. The van der Waals surface area contributed by atoms with Gasteiger partial charge >= 0.3 is 5.97 Å². The molecule has 1 aliphatic rings. The monoisotopic (exact) mass is 198 g/mol. The molecule has 0 aliphatic heterocycles. The first-order valence-corrected chi connectivity index (χ1v) is 5.62. The zero-order valence-corrected chi connectivity index (χ0v) is 9.80. The van der Waals surface area contributed by atoms with E-state index in [4.69, 9.17) is 4.74 Å². The van der Waals surface area contributed by atoms with E-state index >= 15 is 0 Å². The average molecular weight is 198 g/mol. The first-order valence-electron chi connectivity index (χ1n) is 5.62. The molecule has 0 aromatic rings. The van der Waals surface area contributed by atoms with Crippen LogP contribution in [-0.4, -0.2) is 12.1 Å². The summed E-state index contributed by atoms with van der Waals surface area (Å²) in [7, 11) is 0. The molecule has 0 spiro atoms. The van der Waals surface area contributed by atoms with Gasteiger partial charge in [0.05, 0.1) is 5.92 Å². The van der Waals surface area contributed by atoms with E-state index in [1.165, 1.54) is 12.8 Å². The third kappa shape index (κ3) is 3.00. The zero-order valence-electron chi connectivity index (χ0n) is 9.80. The Morgan fingerprint density at radius 2 is 1.79 bits per heavy atom. The summed E-state index contributed by atoms with van der Waals surface area (Å²) < 4.78 is 5.46. The van der Waals surface area contributed by atoms with Crippen LogP contribution in [0.3, 0.4) is 0 Å². The van der Waals surface area contributed by atoms with Crippen molar-refractivity contribution in [1.29, 1.82) is 0 Å². The smallest absolute Gasteiger partial charge is 0.309 e. The first kappa shape index (κ1) is 11.5. The Morgan fingerprint density at radius 1 is 1.29 bits per heavy atom. The summed E-state index contributed by atoms with van der Waals surface area (Å²) in [5.74, 6) is -0.0347. The van der Waals surface area contributed by atoms with E-state index in [0.29, 0.717) is 0 Å². The Labute approximate surface area is 87.0 Å². The number of hydrogen-bond acceptors (Lipinski definition) is 2. The van der Waals surface area contributed by atoms with E-state index in [0.717, 1.165) is 12.8 Å². The third-order valence-electron chi connectivity index (χ3n) is 3.24. The number of rotatable bonds is 2. The molecule has 0 aromatic carbocycles. The molecule has 2 heteroatoms. The van der Waals surface area contributed by atoms with Gasteiger partial charge in [0, 0.05) is 0 Å². The molecule has 0 radical (unpaired) electrons. The van der Waals surface area contributed by atoms with Gasteiger partial charge in [-0.15, -0.1) is 0 Å². The number of esters is 1. The molecule has 1 aliphatic carbocycles. The van der Waals surface area contributed by atoms with Crippen molar-refractivity contribution in [1.82, 2.24) is 0 Å². The standard InChI is InChI=1S/C12H22O2/c1-9(12(2,3)4)11(13)14-10-7-5-6-8-10/h9-10H,5-8H2,1-4H3/t9-/m1/s1. The highest BCUT2D eigenvalue weighted by molar-refractivity contribution is 5.73. The summed E-state index contributed by atoms with van der Waals surface area (Å²) in [6.07, 6.45) is 4.74. The predicted molar refractivity (Wildman–Crippen MR) is 57.0 cm³/mol.